The highest BCUT2D eigenvalue weighted by molar-refractivity contribution is 6.32. The highest BCUT2D eigenvalue weighted by atomic mass is 35.5. The van der Waals surface area contributed by atoms with E-state index in [1.807, 2.05) is 19.1 Å². The van der Waals surface area contributed by atoms with Crippen molar-refractivity contribution in [3.05, 3.63) is 53.6 Å². The molecule has 5 nitrogen and oxygen atoms in total. The quantitative estimate of drug-likeness (QED) is 0.769. The lowest BCUT2D eigenvalue weighted by molar-refractivity contribution is 0.253. The molecule has 0 radical (unpaired) electrons. The standard InChI is InChI=1S/C19H19ClN2O3/c1-2-24-16-11-9-15(10-12-16)22-19(23)21-13-5-6-14-25-18-8-4-3-7-17(18)20/h3-4,7-12H,2,13-14H2,1H3,(H2,21,22,23). The second-order valence-electron chi connectivity index (χ2n) is 4.84. The number of para-hydroxylation sites is 1. The van der Waals surface area contributed by atoms with Gasteiger partial charge in [-0.2, -0.15) is 0 Å². The van der Waals surface area contributed by atoms with Crippen LogP contribution in [-0.2, 0) is 0 Å². The maximum atomic E-state index is 11.8. The Hall–Kier alpha value is -2.84. The molecule has 0 atom stereocenters. The van der Waals surface area contributed by atoms with Crippen molar-refractivity contribution < 1.29 is 14.3 Å². The average molecular weight is 359 g/mol. The summed E-state index contributed by atoms with van der Waals surface area (Å²) in [7, 11) is 0. The highest BCUT2D eigenvalue weighted by Gasteiger charge is 2.00. The SMILES string of the molecule is CCOc1ccc(NC(=O)NCC#CCOc2ccccc2Cl)cc1. The van der Waals surface area contributed by atoms with Gasteiger partial charge in [0.25, 0.3) is 0 Å². The van der Waals surface area contributed by atoms with Crippen LogP contribution in [0.25, 0.3) is 0 Å². The van der Waals surface area contributed by atoms with Gasteiger partial charge in [-0.25, -0.2) is 4.79 Å². The Morgan fingerprint density at radius 3 is 2.56 bits per heavy atom. The van der Waals surface area contributed by atoms with Crippen LogP contribution in [0.4, 0.5) is 10.5 Å². The molecular formula is C19H19ClN2O3. The van der Waals surface area contributed by atoms with Crippen LogP contribution in [-0.4, -0.2) is 25.8 Å². The summed E-state index contributed by atoms with van der Waals surface area (Å²) in [5.41, 5.74) is 0.677. The Morgan fingerprint density at radius 2 is 1.84 bits per heavy atom. The van der Waals surface area contributed by atoms with Gasteiger partial charge >= 0.3 is 6.03 Å². The first-order chi connectivity index (χ1) is 12.2. The minimum atomic E-state index is -0.328. The summed E-state index contributed by atoms with van der Waals surface area (Å²) in [6, 6.07) is 14.0. The molecule has 0 spiro atoms. The van der Waals surface area contributed by atoms with Crippen LogP contribution < -0.4 is 20.1 Å². The second-order valence-corrected chi connectivity index (χ2v) is 5.24. The molecule has 0 aliphatic carbocycles. The van der Waals surface area contributed by atoms with Crippen LogP contribution in [0.3, 0.4) is 0 Å². The lowest BCUT2D eigenvalue weighted by Crippen LogP contribution is -2.28. The number of urea groups is 1. The summed E-state index contributed by atoms with van der Waals surface area (Å²) in [6.07, 6.45) is 0. The van der Waals surface area contributed by atoms with Gasteiger partial charge in [-0.15, -0.1) is 0 Å². The van der Waals surface area contributed by atoms with Gasteiger partial charge in [-0.05, 0) is 43.3 Å². The summed E-state index contributed by atoms with van der Waals surface area (Å²) >= 11 is 5.96. The zero-order valence-electron chi connectivity index (χ0n) is 13.8. The molecule has 0 bridgehead atoms. The summed E-state index contributed by atoms with van der Waals surface area (Å²) in [6.45, 7) is 2.94. The first kappa shape index (κ1) is 18.5. The van der Waals surface area contributed by atoms with Crippen molar-refractivity contribution in [2.24, 2.45) is 0 Å². The normalized spacial score (nSPS) is 9.52. The third-order valence-corrected chi connectivity index (χ3v) is 3.33. The molecule has 0 aliphatic rings. The van der Waals surface area contributed by atoms with Crippen molar-refractivity contribution in [3.63, 3.8) is 0 Å². The largest absolute Gasteiger partial charge is 0.494 e. The number of carbonyl (C=O) groups excluding carboxylic acids is 1. The molecule has 2 aromatic carbocycles. The molecule has 0 fully saturated rings. The Labute approximate surface area is 152 Å². The summed E-state index contributed by atoms with van der Waals surface area (Å²) in [4.78, 5) is 11.8. The lowest BCUT2D eigenvalue weighted by Gasteiger charge is -2.07. The minimum absolute atomic E-state index is 0.200. The molecule has 25 heavy (non-hydrogen) atoms. The molecule has 0 heterocycles. The molecule has 2 amide bonds. The Kier molecular flexibility index (Phi) is 7.48. The predicted octanol–water partition coefficient (Wildman–Crippen LogP) is 3.94. The zero-order valence-corrected chi connectivity index (χ0v) is 14.6. The van der Waals surface area contributed by atoms with E-state index in [-0.39, 0.29) is 19.2 Å². The average Bonchev–Trinajstić information content (AvgIpc) is 2.61. The fourth-order valence-corrected chi connectivity index (χ4v) is 2.08. The lowest BCUT2D eigenvalue weighted by atomic mass is 10.3. The first-order valence-electron chi connectivity index (χ1n) is 7.80. The number of amides is 2. The van der Waals surface area contributed by atoms with Crippen LogP contribution in [0.1, 0.15) is 6.92 Å². The van der Waals surface area contributed by atoms with E-state index in [2.05, 4.69) is 22.5 Å². The van der Waals surface area contributed by atoms with E-state index in [0.29, 0.717) is 23.1 Å². The van der Waals surface area contributed by atoms with Gasteiger partial charge in [0, 0.05) is 5.69 Å². The maximum Gasteiger partial charge on any atom is 0.319 e. The third kappa shape index (κ3) is 6.66. The van der Waals surface area contributed by atoms with Gasteiger partial charge in [0.15, 0.2) is 0 Å². The number of halogens is 1. The predicted molar refractivity (Wildman–Crippen MR) is 99.4 cm³/mol. The number of benzene rings is 2. The topological polar surface area (TPSA) is 59.6 Å². The number of rotatable bonds is 6. The van der Waals surface area contributed by atoms with Crippen LogP contribution in [0.15, 0.2) is 48.5 Å². The number of carbonyl (C=O) groups is 1. The summed E-state index contributed by atoms with van der Waals surface area (Å²) in [5.74, 6) is 6.96. The van der Waals surface area contributed by atoms with E-state index in [1.165, 1.54) is 0 Å². The maximum absolute atomic E-state index is 11.8. The summed E-state index contributed by atoms with van der Waals surface area (Å²) < 4.78 is 10.8. The minimum Gasteiger partial charge on any atom is -0.494 e. The van der Waals surface area contributed by atoms with Crippen molar-refractivity contribution in [3.8, 4) is 23.3 Å². The van der Waals surface area contributed by atoms with Gasteiger partial charge in [0.2, 0.25) is 0 Å². The van der Waals surface area contributed by atoms with E-state index in [4.69, 9.17) is 21.1 Å². The molecule has 2 rings (SSSR count). The van der Waals surface area contributed by atoms with Crippen LogP contribution in [0, 0.1) is 11.8 Å². The van der Waals surface area contributed by atoms with Gasteiger partial charge in [0.1, 0.15) is 18.1 Å². The van der Waals surface area contributed by atoms with E-state index in [1.54, 1.807) is 36.4 Å². The van der Waals surface area contributed by atoms with Crippen molar-refractivity contribution in [2.75, 3.05) is 25.1 Å². The monoisotopic (exact) mass is 358 g/mol. The third-order valence-electron chi connectivity index (χ3n) is 3.02. The van der Waals surface area contributed by atoms with E-state index < -0.39 is 0 Å². The van der Waals surface area contributed by atoms with Crippen LogP contribution >= 0.6 is 11.6 Å². The Balaban J connectivity index is 1.68. The Morgan fingerprint density at radius 1 is 1.08 bits per heavy atom. The van der Waals surface area contributed by atoms with Crippen molar-refractivity contribution >= 4 is 23.3 Å². The van der Waals surface area contributed by atoms with Crippen molar-refractivity contribution in [1.82, 2.24) is 5.32 Å². The smallest absolute Gasteiger partial charge is 0.319 e. The number of hydrogen-bond donors (Lipinski definition) is 2. The molecule has 0 aromatic heterocycles. The molecule has 0 saturated carbocycles. The zero-order chi connectivity index (χ0) is 17.9. The number of anilines is 1. The van der Waals surface area contributed by atoms with E-state index in [9.17, 15) is 4.79 Å². The van der Waals surface area contributed by atoms with E-state index >= 15 is 0 Å². The molecule has 6 heteroatoms. The fourth-order valence-electron chi connectivity index (χ4n) is 1.89. The molecule has 0 saturated heterocycles. The van der Waals surface area contributed by atoms with Gasteiger partial charge in [-0.1, -0.05) is 35.6 Å². The molecule has 2 N–H and O–H groups in total. The summed E-state index contributed by atoms with van der Waals surface area (Å²) in [5, 5.41) is 5.90. The van der Waals surface area contributed by atoms with Crippen LogP contribution in [0.2, 0.25) is 5.02 Å². The number of nitrogens with one attached hydrogen (secondary N) is 2. The van der Waals surface area contributed by atoms with Crippen molar-refractivity contribution in [2.45, 2.75) is 6.92 Å². The highest BCUT2D eigenvalue weighted by Crippen LogP contribution is 2.22. The van der Waals surface area contributed by atoms with E-state index in [0.717, 1.165) is 5.75 Å². The van der Waals surface area contributed by atoms with Crippen LogP contribution in [0.5, 0.6) is 11.5 Å². The molecule has 2 aromatic rings. The first-order valence-corrected chi connectivity index (χ1v) is 8.17. The van der Waals surface area contributed by atoms with Crippen molar-refractivity contribution in [1.29, 1.82) is 0 Å². The van der Waals surface area contributed by atoms with Gasteiger partial charge in [-0.3, -0.25) is 0 Å². The molecule has 0 aliphatic heterocycles. The van der Waals surface area contributed by atoms with Gasteiger partial charge in [0.05, 0.1) is 18.2 Å². The molecular weight excluding hydrogens is 340 g/mol. The van der Waals surface area contributed by atoms with Gasteiger partial charge < -0.3 is 20.1 Å². The fraction of sp³-hybridized carbons (Fsp3) is 0.211. The molecule has 130 valence electrons. The number of hydrogen-bond acceptors (Lipinski definition) is 3. The Bertz CT molecular complexity index is 751. The molecule has 0 unspecified atom stereocenters. The second kappa shape index (κ2) is 10.1. The number of ether oxygens (including phenoxy) is 2.